The van der Waals surface area contributed by atoms with Gasteiger partial charge in [0.2, 0.25) is 5.91 Å². The molecule has 1 amide bonds. The summed E-state index contributed by atoms with van der Waals surface area (Å²) in [4.78, 5) is 13.8. The molecule has 1 aromatic rings. The smallest absolute Gasteiger partial charge is 0.379 e. The molecule has 6 nitrogen and oxygen atoms in total. The summed E-state index contributed by atoms with van der Waals surface area (Å²) in [6.07, 6.45) is -1.71. The van der Waals surface area contributed by atoms with Gasteiger partial charge in [0.15, 0.2) is 5.60 Å². The van der Waals surface area contributed by atoms with Gasteiger partial charge in [-0.2, -0.15) is 18.3 Å². The van der Waals surface area contributed by atoms with Crippen LogP contribution in [0.5, 0.6) is 0 Å². The fraction of sp³-hybridized carbons (Fsp3) is 0.714. The first-order valence-corrected chi connectivity index (χ1v) is 7.48. The van der Waals surface area contributed by atoms with Crippen LogP contribution in [0, 0.1) is 5.92 Å². The molecule has 3 rings (SSSR count). The molecule has 2 N–H and O–H groups in total. The monoisotopic (exact) mass is 332 g/mol. The Morgan fingerprint density at radius 2 is 2.22 bits per heavy atom. The summed E-state index contributed by atoms with van der Waals surface area (Å²) in [5.41, 5.74) is -1.90. The fourth-order valence-electron chi connectivity index (χ4n) is 3.37. The molecule has 128 valence electrons. The van der Waals surface area contributed by atoms with E-state index in [-0.39, 0.29) is 18.4 Å². The van der Waals surface area contributed by atoms with Gasteiger partial charge in [-0.25, -0.2) is 0 Å². The standard InChI is InChI=1S/C14H19F3N4O2/c1-20-7-9(4-19-20)10-5-18-6-11(10)12(22)21-3-2-13(23,8-21)14(15,16)17/h4,7,10-11,18,23H,2-3,5-6,8H2,1H3/t10-,11+,13?/m1/s1. The van der Waals surface area contributed by atoms with Gasteiger partial charge in [-0.3, -0.25) is 9.48 Å². The number of nitrogens with one attached hydrogen (secondary N) is 1. The first kappa shape index (κ1) is 16.3. The van der Waals surface area contributed by atoms with E-state index >= 15 is 0 Å². The number of β-amino-alcohol motifs (C(OH)–C–C–N with tert-alkyl or cyclic N) is 1. The molecule has 0 bridgehead atoms. The third-order valence-corrected chi connectivity index (χ3v) is 4.77. The Bertz CT molecular complexity index is 603. The summed E-state index contributed by atoms with van der Waals surface area (Å²) in [6, 6.07) is 0. The van der Waals surface area contributed by atoms with Gasteiger partial charge in [0.25, 0.3) is 0 Å². The molecule has 0 radical (unpaired) electrons. The Morgan fingerprint density at radius 1 is 1.48 bits per heavy atom. The third-order valence-electron chi connectivity index (χ3n) is 4.77. The number of nitrogens with zero attached hydrogens (tertiary/aromatic N) is 3. The lowest BCUT2D eigenvalue weighted by Crippen LogP contribution is -2.49. The van der Waals surface area contributed by atoms with Gasteiger partial charge in [-0.1, -0.05) is 0 Å². The second-order valence-electron chi connectivity index (χ2n) is 6.36. The number of likely N-dealkylation sites (tertiary alicyclic amines) is 1. The van der Waals surface area contributed by atoms with E-state index in [0.717, 1.165) is 10.5 Å². The second-order valence-corrected chi connectivity index (χ2v) is 6.36. The lowest BCUT2D eigenvalue weighted by atomic mass is 9.90. The Balaban J connectivity index is 1.73. The van der Waals surface area contributed by atoms with Crippen molar-refractivity contribution in [2.45, 2.75) is 24.1 Å². The highest BCUT2D eigenvalue weighted by molar-refractivity contribution is 5.81. The quantitative estimate of drug-likeness (QED) is 0.814. The maximum atomic E-state index is 12.9. The number of aryl methyl sites for hydroxylation is 1. The predicted molar refractivity (Wildman–Crippen MR) is 74.5 cm³/mol. The van der Waals surface area contributed by atoms with Crippen LogP contribution in [0.25, 0.3) is 0 Å². The van der Waals surface area contributed by atoms with E-state index in [2.05, 4.69) is 10.4 Å². The number of carbonyl (C=O) groups excluding carboxylic acids is 1. The van der Waals surface area contributed by atoms with Crippen molar-refractivity contribution in [3.05, 3.63) is 18.0 Å². The number of hydrogen-bond acceptors (Lipinski definition) is 4. The minimum Gasteiger partial charge on any atom is -0.379 e. The normalized spacial score (nSPS) is 31.8. The predicted octanol–water partition coefficient (Wildman–Crippen LogP) is 0.249. The van der Waals surface area contributed by atoms with E-state index < -0.39 is 30.7 Å². The minimum atomic E-state index is -4.72. The number of rotatable bonds is 2. The van der Waals surface area contributed by atoms with Crippen LogP contribution in [-0.4, -0.2) is 63.7 Å². The molecule has 2 aliphatic heterocycles. The summed E-state index contributed by atoms with van der Waals surface area (Å²) >= 11 is 0. The maximum Gasteiger partial charge on any atom is 0.419 e. The second kappa shape index (κ2) is 5.48. The highest BCUT2D eigenvalue weighted by atomic mass is 19.4. The molecule has 9 heteroatoms. The van der Waals surface area contributed by atoms with Gasteiger partial charge < -0.3 is 15.3 Å². The zero-order valence-electron chi connectivity index (χ0n) is 12.7. The van der Waals surface area contributed by atoms with Crippen molar-refractivity contribution < 1.29 is 23.1 Å². The molecule has 0 aliphatic carbocycles. The van der Waals surface area contributed by atoms with Crippen molar-refractivity contribution >= 4 is 5.91 Å². The number of aliphatic hydroxyl groups is 1. The van der Waals surface area contributed by atoms with Gasteiger partial charge in [-0.15, -0.1) is 0 Å². The molecular formula is C14H19F3N4O2. The number of aromatic nitrogens is 2. The van der Waals surface area contributed by atoms with Crippen LogP contribution < -0.4 is 5.32 Å². The number of hydrogen-bond donors (Lipinski definition) is 2. The zero-order valence-corrected chi connectivity index (χ0v) is 12.7. The van der Waals surface area contributed by atoms with Crippen molar-refractivity contribution in [1.82, 2.24) is 20.0 Å². The van der Waals surface area contributed by atoms with E-state index in [1.807, 2.05) is 6.20 Å². The summed E-state index contributed by atoms with van der Waals surface area (Å²) in [5, 5.41) is 16.9. The highest BCUT2D eigenvalue weighted by Gasteiger charge is 2.58. The summed E-state index contributed by atoms with van der Waals surface area (Å²) in [5.74, 6) is -0.894. The molecule has 1 unspecified atom stereocenters. The molecule has 23 heavy (non-hydrogen) atoms. The van der Waals surface area contributed by atoms with Crippen LogP contribution in [0.1, 0.15) is 17.9 Å². The molecule has 2 aliphatic rings. The van der Waals surface area contributed by atoms with E-state index in [1.54, 1.807) is 17.9 Å². The van der Waals surface area contributed by atoms with Crippen LogP contribution in [0.3, 0.4) is 0 Å². The minimum absolute atomic E-state index is 0.0783. The maximum absolute atomic E-state index is 12.9. The van der Waals surface area contributed by atoms with Gasteiger partial charge in [0.1, 0.15) is 0 Å². The van der Waals surface area contributed by atoms with Gasteiger partial charge in [0.05, 0.1) is 18.7 Å². The molecule has 2 fully saturated rings. The van der Waals surface area contributed by atoms with E-state index in [0.29, 0.717) is 13.1 Å². The topological polar surface area (TPSA) is 70.4 Å². The summed E-state index contributed by atoms with van der Waals surface area (Å²) in [7, 11) is 1.77. The molecular weight excluding hydrogens is 313 g/mol. The van der Waals surface area contributed by atoms with Gasteiger partial charge in [-0.05, 0) is 5.56 Å². The first-order valence-electron chi connectivity index (χ1n) is 7.48. The first-order chi connectivity index (χ1) is 10.7. The van der Waals surface area contributed by atoms with Crippen molar-refractivity contribution in [3.8, 4) is 0 Å². The van der Waals surface area contributed by atoms with Gasteiger partial charge >= 0.3 is 6.18 Å². The average molecular weight is 332 g/mol. The Hall–Kier alpha value is -1.61. The van der Waals surface area contributed by atoms with Gasteiger partial charge in [0, 0.05) is 45.2 Å². The summed E-state index contributed by atoms with van der Waals surface area (Å²) < 4.78 is 40.3. The lowest BCUT2D eigenvalue weighted by molar-refractivity contribution is -0.253. The van der Waals surface area contributed by atoms with Crippen molar-refractivity contribution in [2.75, 3.05) is 26.2 Å². The number of carbonyl (C=O) groups is 1. The number of amides is 1. The van der Waals surface area contributed by atoms with Crippen LogP contribution in [0.15, 0.2) is 12.4 Å². The van der Waals surface area contributed by atoms with Crippen LogP contribution >= 0.6 is 0 Å². The lowest BCUT2D eigenvalue weighted by Gasteiger charge is -2.27. The van der Waals surface area contributed by atoms with Crippen molar-refractivity contribution in [2.24, 2.45) is 13.0 Å². The molecule has 0 spiro atoms. The highest BCUT2D eigenvalue weighted by Crippen LogP contribution is 2.39. The third kappa shape index (κ3) is 2.83. The molecule has 3 heterocycles. The molecule has 0 aromatic carbocycles. The molecule has 1 aromatic heterocycles. The Morgan fingerprint density at radius 3 is 2.78 bits per heavy atom. The average Bonchev–Trinajstić information content (AvgIpc) is 3.15. The van der Waals surface area contributed by atoms with Crippen molar-refractivity contribution in [1.29, 1.82) is 0 Å². The fourth-order valence-corrected chi connectivity index (χ4v) is 3.37. The number of alkyl halides is 3. The van der Waals surface area contributed by atoms with Crippen LogP contribution in [0.2, 0.25) is 0 Å². The number of halogens is 3. The Labute approximate surface area is 131 Å². The van der Waals surface area contributed by atoms with Crippen LogP contribution in [-0.2, 0) is 11.8 Å². The molecule has 2 saturated heterocycles. The largest absolute Gasteiger partial charge is 0.419 e. The van der Waals surface area contributed by atoms with Crippen molar-refractivity contribution in [3.63, 3.8) is 0 Å². The molecule has 3 atom stereocenters. The van der Waals surface area contributed by atoms with E-state index in [1.165, 1.54) is 0 Å². The van der Waals surface area contributed by atoms with E-state index in [4.69, 9.17) is 0 Å². The molecule has 0 saturated carbocycles. The SMILES string of the molecule is Cn1cc([C@H]2CNC[C@@H]2C(=O)N2CCC(O)(C(F)(F)F)C2)cn1. The van der Waals surface area contributed by atoms with E-state index in [9.17, 15) is 23.1 Å². The van der Waals surface area contributed by atoms with Crippen LogP contribution in [0.4, 0.5) is 13.2 Å². The Kier molecular flexibility index (Phi) is 3.88. The zero-order chi connectivity index (χ0) is 16.8. The summed E-state index contributed by atoms with van der Waals surface area (Å²) in [6.45, 7) is 0.232.